The molecule has 2 aromatic carbocycles. The first kappa shape index (κ1) is 12.4. The van der Waals surface area contributed by atoms with Gasteiger partial charge in [0.1, 0.15) is 24.0 Å². The van der Waals surface area contributed by atoms with Crippen LogP contribution in [0.5, 0.6) is 5.75 Å². The van der Waals surface area contributed by atoms with Gasteiger partial charge in [-0.1, -0.05) is 28.1 Å². The second-order valence-electron chi connectivity index (χ2n) is 4.22. The summed E-state index contributed by atoms with van der Waals surface area (Å²) in [5.41, 5.74) is 2.75. The summed E-state index contributed by atoms with van der Waals surface area (Å²) in [7, 11) is 0. The van der Waals surface area contributed by atoms with Crippen molar-refractivity contribution in [3.05, 3.63) is 69.7 Å². The first-order valence-electron chi connectivity index (χ1n) is 5.71. The molecule has 0 N–H and O–H groups in total. The number of hydrogen-bond acceptors (Lipinski definition) is 1. The van der Waals surface area contributed by atoms with Crippen LogP contribution in [0.3, 0.4) is 0 Å². The minimum absolute atomic E-state index is 0.0861. The van der Waals surface area contributed by atoms with Gasteiger partial charge in [-0.05, 0) is 28.7 Å². The summed E-state index contributed by atoms with van der Waals surface area (Å²) in [6.45, 7) is 0.0861. The van der Waals surface area contributed by atoms with Crippen LogP contribution in [-0.4, -0.2) is 0 Å². The van der Waals surface area contributed by atoms with E-state index in [2.05, 4.69) is 15.9 Å². The van der Waals surface area contributed by atoms with Crippen LogP contribution in [0, 0.1) is 11.6 Å². The predicted molar refractivity (Wildman–Crippen MR) is 73.1 cm³/mol. The zero-order valence-electron chi connectivity index (χ0n) is 9.79. The highest BCUT2D eigenvalue weighted by molar-refractivity contribution is 9.11. The van der Waals surface area contributed by atoms with E-state index in [9.17, 15) is 8.78 Å². The number of fused-ring (bicyclic) bond motifs is 2. The van der Waals surface area contributed by atoms with E-state index in [1.807, 2.05) is 6.07 Å². The largest absolute Gasteiger partial charge is 0.488 e. The van der Waals surface area contributed by atoms with Gasteiger partial charge in [0.2, 0.25) is 0 Å². The highest BCUT2D eigenvalue weighted by Gasteiger charge is 2.21. The third-order valence-corrected chi connectivity index (χ3v) is 3.58. The van der Waals surface area contributed by atoms with Gasteiger partial charge in [0.15, 0.2) is 0 Å². The van der Waals surface area contributed by atoms with Crippen molar-refractivity contribution in [3.63, 3.8) is 0 Å². The Morgan fingerprint density at radius 2 is 1.95 bits per heavy atom. The summed E-state index contributed by atoms with van der Waals surface area (Å²) < 4.78 is 32.7. The molecule has 0 aromatic heterocycles. The van der Waals surface area contributed by atoms with Crippen LogP contribution in [0.15, 0.2) is 41.4 Å². The van der Waals surface area contributed by atoms with Gasteiger partial charge in [-0.15, -0.1) is 0 Å². The van der Waals surface area contributed by atoms with Gasteiger partial charge in [0.05, 0.1) is 0 Å². The normalized spacial score (nSPS) is 15.4. The number of benzene rings is 2. The summed E-state index contributed by atoms with van der Waals surface area (Å²) >= 11 is 3.29. The summed E-state index contributed by atoms with van der Waals surface area (Å²) in [6.07, 6.45) is 0. The van der Waals surface area contributed by atoms with E-state index in [1.165, 1.54) is 18.2 Å². The minimum Gasteiger partial charge on any atom is -0.488 e. The highest BCUT2D eigenvalue weighted by atomic mass is 79.9. The molecule has 0 aliphatic carbocycles. The lowest BCUT2D eigenvalue weighted by molar-refractivity contribution is 0.299. The van der Waals surface area contributed by atoms with E-state index < -0.39 is 0 Å². The topological polar surface area (TPSA) is 9.23 Å². The Balaban J connectivity index is 2.27. The van der Waals surface area contributed by atoms with Crippen LogP contribution in [0.1, 0.15) is 16.7 Å². The number of ether oxygens (including phenoxy) is 1. The van der Waals surface area contributed by atoms with E-state index in [-0.39, 0.29) is 18.2 Å². The fourth-order valence-corrected chi connectivity index (χ4v) is 2.70. The zero-order chi connectivity index (χ0) is 13.4. The molecule has 0 bridgehead atoms. The molecule has 4 heteroatoms. The third kappa shape index (κ3) is 2.06. The molecule has 0 fully saturated rings. The Morgan fingerprint density at radius 3 is 2.74 bits per heavy atom. The summed E-state index contributed by atoms with van der Waals surface area (Å²) in [4.78, 5) is 1.71. The quantitative estimate of drug-likeness (QED) is 0.686. The van der Waals surface area contributed by atoms with E-state index in [0.717, 1.165) is 16.7 Å². The van der Waals surface area contributed by atoms with Crippen molar-refractivity contribution in [2.75, 3.05) is 0 Å². The maximum absolute atomic E-state index is 13.9. The molecule has 0 radical (unpaired) electrons. The molecule has 1 aliphatic heterocycles. The molecule has 2 aromatic rings. The van der Waals surface area contributed by atoms with Crippen LogP contribution < -0.4 is 4.74 Å². The molecule has 0 spiro atoms. The third-order valence-electron chi connectivity index (χ3n) is 3.12. The molecule has 1 nitrogen and oxygen atoms in total. The molecule has 0 amide bonds. The van der Waals surface area contributed by atoms with Gasteiger partial charge in [-0.2, -0.15) is 0 Å². The van der Waals surface area contributed by atoms with Crippen LogP contribution in [-0.2, 0) is 6.61 Å². The maximum atomic E-state index is 13.9. The maximum Gasteiger partial charge on any atom is 0.130 e. The van der Waals surface area contributed by atoms with Crippen molar-refractivity contribution in [3.8, 4) is 5.75 Å². The first-order chi connectivity index (χ1) is 9.20. The average molecular weight is 323 g/mol. The summed E-state index contributed by atoms with van der Waals surface area (Å²) in [6, 6.07) is 9.19. The molecule has 19 heavy (non-hydrogen) atoms. The molecule has 0 saturated heterocycles. The standard InChI is InChI=1S/C15H9BrF2O/c16-7-12-10-2-1-3-14(18)13(10)8-19-15-6-9(17)4-5-11(12)15/h1-7H,8H2. The van der Waals surface area contributed by atoms with Gasteiger partial charge in [0.25, 0.3) is 0 Å². The van der Waals surface area contributed by atoms with Crippen molar-refractivity contribution in [2.45, 2.75) is 6.61 Å². The summed E-state index contributed by atoms with van der Waals surface area (Å²) in [5, 5.41) is 0. The molecular formula is C15H9BrF2O. The van der Waals surface area contributed by atoms with Crippen LogP contribution in [0.2, 0.25) is 0 Å². The Kier molecular flexibility index (Phi) is 3.11. The van der Waals surface area contributed by atoms with Crippen molar-refractivity contribution >= 4 is 21.5 Å². The lowest BCUT2D eigenvalue weighted by Gasteiger charge is -2.09. The molecular weight excluding hydrogens is 314 g/mol. The lowest BCUT2D eigenvalue weighted by atomic mass is 9.95. The van der Waals surface area contributed by atoms with Crippen molar-refractivity contribution in [2.24, 2.45) is 0 Å². The van der Waals surface area contributed by atoms with Gasteiger partial charge in [0, 0.05) is 22.8 Å². The Labute approximate surface area is 117 Å². The monoisotopic (exact) mass is 322 g/mol. The number of rotatable bonds is 0. The average Bonchev–Trinajstić information content (AvgIpc) is 2.55. The lowest BCUT2D eigenvalue weighted by Crippen LogP contribution is -1.99. The SMILES string of the molecule is Fc1ccc2c(c1)OCc1c(F)cccc1C2=CBr. The van der Waals surface area contributed by atoms with Crippen molar-refractivity contribution in [1.29, 1.82) is 0 Å². The van der Waals surface area contributed by atoms with Gasteiger partial charge >= 0.3 is 0 Å². The highest BCUT2D eigenvalue weighted by Crippen LogP contribution is 2.38. The molecule has 0 unspecified atom stereocenters. The second kappa shape index (κ2) is 4.78. The van der Waals surface area contributed by atoms with Gasteiger partial charge < -0.3 is 4.74 Å². The van der Waals surface area contributed by atoms with Gasteiger partial charge in [-0.3, -0.25) is 0 Å². The van der Waals surface area contributed by atoms with E-state index >= 15 is 0 Å². The van der Waals surface area contributed by atoms with E-state index in [0.29, 0.717) is 11.3 Å². The first-order valence-corrected chi connectivity index (χ1v) is 6.63. The smallest absolute Gasteiger partial charge is 0.130 e. The molecule has 3 rings (SSSR count). The number of hydrogen-bond donors (Lipinski definition) is 0. The Bertz CT molecular complexity index is 680. The predicted octanol–water partition coefficient (Wildman–Crippen LogP) is 4.64. The van der Waals surface area contributed by atoms with E-state index in [4.69, 9.17) is 4.74 Å². The zero-order valence-corrected chi connectivity index (χ0v) is 11.4. The second-order valence-corrected chi connectivity index (χ2v) is 4.68. The molecule has 1 heterocycles. The van der Waals surface area contributed by atoms with Crippen LogP contribution in [0.4, 0.5) is 8.78 Å². The molecule has 0 saturated carbocycles. The minimum atomic E-state index is -0.376. The fourth-order valence-electron chi connectivity index (χ4n) is 2.21. The molecule has 1 aliphatic rings. The molecule has 0 atom stereocenters. The molecule has 96 valence electrons. The van der Waals surface area contributed by atoms with Crippen LogP contribution >= 0.6 is 15.9 Å². The Hall–Kier alpha value is -1.68. The van der Waals surface area contributed by atoms with Crippen LogP contribution in [0.25, 0.3) is 5.57 Å². The number of halogens is 3. The fraction of sp³-hybridized carbons (Fsp3) is 0.0667. The van der Waals surface area contributed by atoms with E-state index in [1.54, 1.807) is 17.1 Å². The summed E-state index contributed by atoms with van der Waals surface area (Å²) in [5.74, 6) is -0.280. The van der Waals surface area contributed by atoms with Crippen molar-refractivity contribution < 1.29 is 13.5 Å². The Morgan fingerprint density at radius 1 is 1.11 bits per heavy atom. The van der Waals surface area contributed by atoms with Gasteiger partial charge in [-0.25, -0.2) is 8.78 Å². The van der Waals surface area contributed by atoms with Crippen molar-refractivity contribution in [1.82, 2.24) is 0 Å².